The van der Waals surface area contributed by atoms with E-state index in [1.807, 2.05) is 14.1 Å². The van der Waals surface area contributed by atoms with Crippen molar-refractivity contribution in [2.45, 2.75) is 32.9 Å². The molecule has 1 unspecified atom stereocenters. The van der Waals surface area contributed by atoms with Crippen LogP contribution in [0.2, 0.25) is 0 Å². The third-order valence-electron chi connectivity index (χ3n) is 3.26. The lowest BCUT2D eigenvalue weighted by molar-refractivity contribution is 0.0938. The number of amides is 1. The Morgan fingerprint density at radius 1 is 1.45 bits per heavy atom. The quantitative estimate of drug-likeness (QED) is 0.787. The van der Waals surface area contributed by atoms with Crippen molar-refractivity contribution in [3.05, 3.63) is 29.6 Å². The first-order chi connectivity index (χ1) is 9.43. The van der Waals surface area contributed by atoms with E-state index in [4.69, 9.17) is 5.73 Å². The van der Waals surface area contributed by atoms with Crippen LogP contribution in [0.1, 0.15) is 36.3 Å². The van der Waals surface area contributed by atoms with Crippen molar-refractivity contribution < 1.29 is 4.79 Å². The highest BCUT2D eigenvalue weighted by Gasteiger charge is 2.15. The fourth-order valence-corrected chi connectivity index (χ4v) is 2.06. The minimum atomic E-state index is -0.0716. The van der Waals surface area contributed by atoms with Gasteiger partial charge in [0, 0.05) is 30.9 Å². The summed E-state index contributed by atoms with van der Waals surface area (Å²) in [5.41, 5.74) is 6.87. The summed E-state index contributed by atoms with van der Waals surface area (Å²) in [6.45, 7) is 5.36. The van der Waals surface area contributed by atoms with Crippen LogP contribution in [0.5, 0.6) is 0 Å². The van der Waals surface area contributed by atoms with E-state index in [2.05, 4.69) is 29.0 Å². The third kappa shape index (κ3) is 5.27. The largest absolute Gasteiger partial charge is 0.350 e. The first-order valence-corrected chi connectivity index (χ1v) is 7.03. The molecule has 0 radical (unpaired) electrons. The Labute approximate surface area is 121 Å². The first-order valence-electron chi connectivity index (χ1n) is 7.03. The minimum absolute atomic E-state index is 0.0716. The Kier molecular flexibility index (Phi) is 6.61. The second-order valence-electron chi connectivity index (χ2n) is 5.70. The number of hydrogen-bond acceptors (Lipinski definition) is 4. The van der Waals surface area contributed by atoms with Crippen molar-refractivity contribution in [3.63, 3.8) is 0 Å². The van der Waals surface area contributed by atoms with Gasteiger partial charge in [-0.15, -0.1) is 0 Å². The fourth-order valence-electron chi connectivity index (χ4n) is 2.06. The molecule has 3 N–H and O–H groups in total. The lowest BCUT2D eigenvalue weighted by Gasteiger charge is -2.26. The van der Waals surface area contributed by atoms with Crippen molar-refractivity contribution in [1.29, 1.82) is 0 Å². The van der Waals surface area contributed by atoms with Gasteiger partial charge in [-0.2, -0.15) is 0 Å². The lowest BCUT2D eigenvalue weighted by Crippen LogP contribution is -2.41. The topological polar surface area (TPSA) is 71.2 Å². The monoisotopic (exact) mass is 278 g/mol. The number of aromatic nitrogens is 1. The van der Waals surface area contributed by atoms with Crippen molar-refractivity contribution in [3.8, 4) is 0 Å². The number of nitrogens with one attached hydrogen (secondary N) is 1. The zero-order chi connectivity index (χ0) is 15.1. The smallest absolute Gasteiger partial charge is 0.251 e. The van der Waals surface area contributed by atoms with Gasteiger partial charge in [0.15, 0.2) is 0 Å². The first kappa shape index (κ1) is 16.6. The van der Waals surface area contributed by atoms with Gasteiger partial charge in [-0.05, 0) is 38.6 Å². The Balaban J connectivity index is 2.60. The minimum Gasteiger partial charge on any atom is -0.350 e. The molecule has 5 heteroatoms. The molecule has 0 aromatic carbocycles. The molecule has 112 valence electrons. The molecule has 0 bridgehead atoms. The second kappa shape index (κ2) is 7.97. The molecular formula is C15H26N4O. The van der Waals surface area contributed by atoms with E-state index in [1.165, 1.54) is 0 Å². The van der Waals surface area contributed by atoms with Gasteiger partial charge in [-0.3, -0.25) is 9.78 Å². The van der Waals surface area contributed by atoms with Gasteiger partial charge in [-0.1, -0.05) is 13.8 Å². The number of rotatable bonds is 7. The molecule has 0 saturated heterocycles. The number of hydrogen-bond donors (Lipinski definition) is 2. The predicted molar refractivity (Wildman–Crippen MR) is 81.4 cm³/mol. The Morgan fingerprint density at radius 2 is 2.15 bits per heavy atom. The number of pyridine rings is 1. The van der Waals surface area contributed by atoms with Gasteiger partial charge in [0.1, 0.15) is 0 Å². The van der Waals surface area contributed by atoms with Crippen LogP contribution in [0.15, 0.2) is 18.3 Å². The summed E-state index contributed by atoms with van der Waals surface area (Å²) in [6.07, 6.45) is 2.67. The molecule has 1 rings (SSSR count). The van der Waals surface area contributed by atoms with Crippen LogP contribution in [-0.2, 0) is 6.54 Å². The average Bonchev–Trinajstić information content (AvgIpc) is 2.42. The Morgan fingerprint density at radius 3 is 2.70 bits per heavy atom. The van der Waals surface area contributed by atoms with Crippen molar-refractivity contribution in [2.75, 3.05) is 20.6 Å². The second-order valence-corrected chi connectivity index (χ2v) is 5.70. The zero-order valence-electron chi connectivity index (χ0n) is 12.9. The van der Waals surface area contributed by atoms with Gasteiger partial charge in [-0.25, -0.2) is 0 Å². The molecule has 5 nitrogen and oxygen atoms in total. The molecule has 0 saturated carbocycles. The van der Waals surface area contributed by atoms with Crippen LogP contribution < -0.4 is 11.1 Å². The number of carbonyl (C=O) groups excluding carboxylic acids is 1. The van der Waals surface area contributed by atoms with Gasteiger partial charge in [0.05, 0.1) is 5.69 Å². The predicted octanol–water partition coefficient (Wildman–Crippen LogP) is 1.25. The van der Waals surface area contributed by atoms with E-state index in [-0.39, 0.29) is 5.91 Å². The fraction of sp³-hybridized carbons (Fsp3) is 0.600. The van der Waals surface area contributed by atoms with Gasteiger partial charge in [0.2, 0.25) is 0 Å². The summed E-state index contributed by atoms with van der Waals surface area (Å²) in [5.74, 6) is 0.529. The maximum Gasteiger partial charge on any atom is 0.251 e. The summed E-state index contributed by atoms with van der Waals surface area (Å²) >= 11 is 0. The number of likely N-dealkylation sites (N-methyl/N-ethyl adjacent to an activating group) is 1. The normalized spacial score (nSPS) is 12.8. The molecule has 1 heterocycles. The summed E-state index contributed by atoms with van der Waals surface area (Å²) in [7, 11) is 4.08. The van der Waals surface area contributed by atoms with Crippen LogP contribution in [0.25, 0.3) is 0 Å². The van der Waals surface area contributed by atoms with E-state index < -0.39 is 0 Å². The highest BCUT2D eigenvalue weighted by atomic mass is 16.1. The molecule has 0 fully saturated rings. The van der Waals surface area contributed by atoms with Gasteiger partial charge < -0.3 is 16.0 Å². The van der Waals surface area contributed by atoms with E-state index in [0.29, 0.717) is 30.6 Å². The van der Waals surface area contributed by atoms with Gasteiger partial charge in [0.25, 0.3) is 5.91 Å². The van der Waals surface area contributed by atoms with Crippen LogP contribution in [0, 0.1) is 5.92 Å². The average molecular weight is 278 g/mol. The number of carbonyl (C=O) groups is 1. The summed E-state index contributed by atoms with van der Waals surface area (Å²) in [6, 6.07) is 3.79. The summed E-state index contributed by atoms with van der Waals surface area (Å²) in [4.78, 5) is 18.4. The Bertz CT molecular complexity index is 432. The van der Waals surface area contributed by atoms with Crippen LogP contribution in [-0.4, -0.2) is 42.5 Å². The van der Waals surface area contributed by atoms with Crippen LogP contribution >= 0.6 is 0 Å². The highest BCUT2D eigenvalue weighted by molar-refractivity contribution is 5.94. The molecule has 0 aliphatic carbocycles. The Hall–Kier alpha value is -1.46. The van der Waals surface area contributed by atoms with Crippen molar-refractivity contribution in [2.24, 2.45) is 11.7 Å². The number of nitrogens with two attached hydrogens (primary N) is 1. The molecular weight excluding hydrogens is 252 g/mol. The molecule has 1 amide bonds. The molecule has 1 atom stereocenters. The SMILES string of the molecule is CC(C)CC(CNC(=O)c1ccnc(CN)c1)N(C)C. The maximum atomic E-state index is 12.1. The van der Waals surface area contributed by atoms with Gasteiger partial charge >= 0.3 is 0 Å². The number of nitrogens with zero attached hydrogens (tertiary/aromatic N) is 2. The molecule has 1 aromatic heterocycles. The summed E-state index contributed by atoms with van der Waals surface area (Å²) in [5, 5.41) is 2.99. The molecule has 0 aliphatic heterocycles. The molecule has 1 aromatic rings. The molecule has 0 aliphatic rings. The summed E-state index contributed by atoms with van der Waals surface area (Å²) < 4.78 is 0. The third-order valence-corrected chi connectivity index (χ3v) is 3.26. The van der Waals surface area contributed by atoms with E-state index in [1.54, 1.807) is 18.3 Å². The standard InChI is InChI=1S/C15H26N4O/c1-11(2)7-14(19(3)4)10-18-15(20)12-5-6-17-13(8-12)9-16/h5-6,8,11,14H,7,9-10,16H2,1-4H3,(H,18,20). The van der Waals surface area contributed by atoms with E-state index in [9.17, 15) is 4.79 Å². The van der Waals surface area contributed by atoms with Crippen molar-refractivity contribution in [1.82, 2.24) is 15.2 Å². The van der Waals surface area contributed by atoms with Crippen LogP contribution in [0.3, 0.4) is 0 Å². The van der Waals surface area contributed by atoms with Crippen LogP contribution in [0.4, 0.5) is 0 Å². The maximum absolute atomic E-state index is 12.1. The highest BCUT2D eigenvalue weighted by Crippen LogP contribution is 2.08. The molecule has 0 spiro atoms. The molecule has 20 heavy (non-hydrogen) atoms. The van der Waals surface area contributed by atoms with E-state index in [0.717, 1.165) is 12.1 Å². The van der Waals surface area contributed by atoms with Crippen molar-refractivity contribution >= 4 is 5.91 Å². The van der Waals surface area contributed by atoms with E-state index >= 15 is 0 Å². The lowest BCUT2D eigenvalue weighted by atomic mass is 10.0. The zero-order valence-corrected chi connectivity index (χ0v) is 12.9.